The molecule has 294 valence electrons. The lowest BCUT2D eigenvalue weighted by Gasteiger charge is -2.48. The van der Waals surface area contributed by atoms with E-state index in [2.05, 4.69) is 24.7 Å². The molecule has 0 saturated carbocycles. The number of fused-ring (bicyclic) bond motifs is 1. The topological polar surface area (TPSA) is 125 Å². The van der Waals surface area contributed by atoms with Crippen molar-refractivity contribution in [1.29, 1.82) is 0 Å². The van der Waals surface area contributed by atoms with Gasteiger partial charge in [-0.1, -0.05) is 33.6 Å². The summed E-state index contributed by atoms with van der Waals surface area (Å²) in [5.41, 5.74) is -3.10. The largest absolute Gasteiger partial charge is 0.458 e. The molecule has 2 bridgehead atoms. The summed E-state index contributed by atoms with van der Waals surface area (Å²) in [7, 11) is 5.61. The first-order valence-electron chi connectivity index (χ1n) is 19.0. The van der Waals surface area contributed by atoms with Crippen LogP contribution in [-0.2, 0) is 38.0 Å². The predicted octanol–water partition coefficient (Wildman–Crippen LogP) is 5.29. The molecule has 4 rings (SSSR count). The minimum atomic E-state index is -1.24. The highest BCUT2D eigenvalue weighted by Crippen LogP contribution is 2.50. The Morgan fingerprint density at radius 1 is 1.02 bits per heavy atom. The summed E-state index contributed by atoms with van der Waals surface area (Å²) in [5.74, 6) is -1.08. The van der Waals surface area contributed by atoms with E-state index < -0.39 is 76.8 Å². The van der Waals surface area contributed by atoms with E-state index in [1.165, 1.54) is 0 Å². The van der Waals surface area contributed by atoms with Gasteiger partial charge >= 0.3 is 12.1 Å². The number of esters is 1. The molecular formula is C40H65N3O9. The molecule has 0 spiro atoms. The summed E-state index contributed by atoms with van der Waals surface area (Å²) in [6.45, 7) is 23.1. The van der Waals surface area contributed by atoms with Crippen LogP contribution in [0.3, 0.4) is 0 Å². The van der Waals surface area contributed by atoms with Gasteiger partial charge in [-0.3, -0.25) is 19.5 Å². The van der Waals surface area contributed by atoms with E-state index in [0.717, 1.165) is 12.1 Å². The zero-order valence-corrected chi connectivity index (χ0v) is 34.3. The Bertz CT molecular complexity index is 1420. The fourth-order valence-corrected chi connectivity index (χ4v) is 9.32. The molecule has 0 aliphatic carbocycles. The molecule has 12 heteroatoms. The highest BCUT2D eigenvalue weighted by atomic mass is 16.7. The molecule has 0 aromatic rings. The number of aliphatic imine (C=N–C) groups is 1. The molecule has 0 radical (unpaired) electrons. The van der Waals surface area contributed by atoms with Crippen LogP contribution in [0.2, 0.25) is 0 Å². The third-order valence-corrected chi connectivity index (χ3v) is 12.9. The SMILES string of the molecule is C#CCO[C@@]1(C)C[C@@H](C)C2=NC(C)(C)C(C)(C)N3C(=O)O[C@](C)([C@@H](CC)OC(=O)[C@H](C)C(=O)[C@H](C)[C@H]1O[C@@H]1O[C@H](C)C[C@H](N(C)C)[C@H]1OC)[C@H]3[C@H]2C. The second-order valence-corrected chi connectivity index (χ2v) is 17.3. The summed E-state index contributed by atoms with van der Waals surface area (Å²) in [5, 5.41) is 0. The number of rotatable bonds is 7. The number of terminal acetylenes is 1. The van der Waals surface area contributed by atoms with Crippen molar-refractivity contribution in [3.05, 3.63) is 0 Å². The van der Waals surface area contributed by atoms with E-state index in [1.807, 2.05) is 69.5 Å². The Hall–Kier alpha value is -2.56. The lowest BCUT2D eigenvalue weighted by atomic mass is 9.72. The van der Waals surface area contributed by atoms with Crippen molar-refractivity contribution >= 4 is 23.6 Å². The maximum atomic E-state index is 14.5. The maximum absolute atomic E-state index is 14.5. The number of likely N-dealkylation sites (N-methyl/N-ethyl adjacent to an activating group) is 1. The number of amides is 1. The van der Waals surface area contributed by atoms with Crippen LogP contribution in [0.4, 0.5) is 4.79 Å². The standard InChI is InChI=1S/C40H65N3O9/c1-17-19-48-39(12)21-22(3)29-24(5)32-40(13,52-36(46)43(32)38(10,11)37(8,9)41-29)28(18-2)50-34(45)26(7)30(44)25(6)33(39)51-35-31(47-16)27(42(14)15)20-23(4)49-35/h1,22-28,31-33,35H,18-21H2,2-16H3/t22-,23-,24+,25+,26-,27+,28-,31-,32-,33-,35+,39+,40-/m1/s1. The molecule has 12 nitrogen and oxygen atoms in total. The van der Waals surface area contributed by atoms with Crippen LogP contribution in [0.1, 0.15) is 102 Å². The zero-order valence-electron chi connectivity index (χ0n) is 34.3. The first kappa shape index (κ1) is 42.2. The number of carbonyl (C=O) groups is 3. The molecule has 4 aliphatic rings. The number of ketones is 1. The van der Waals surface area contributed by atoms with Gasteiger partial charge < -0.3 is 33.3 Å². The molecule has 52 heavy (non-hydrogen) atoms. The third-order valence-electron chi connectivity index (χ3n) is 12.9. The normalized spacial score (nSPS) is 42.4. The van der Waals surface area contributed by atoms with Crippen molar-refractivity contribution in [3.8, 4) is 12.3 Å². The van der Waals surface area contributed by atoms with Gasteiger partial charge in [0.1, 0.15) is 24.7 Å². The van der Waals surface area contributed by atoms with Gasteiger partial charge in [-0.15, -0.1) is 6.42 Å². The number of cyclic esters (lactones) is 1. The minimum absolute atomic E-state index is 0.0275. The van der Waals surface area contributed by atoms with Crippen LogP contribution in [-0.4, -0.2) is 126 Å². The number of hydrogen-bond acceptors (Lipinski definition) is 11. The molecule has 13 atom stereocenters. The molecule has 3 fully saturated rings. The minimum Gasteiger partial charge on any atom is -0.458 e. The first-order valence-corrected chi connectivity index (χ1v) is 19.0. The zero-order chi connectivity index (χ0) is 39.3. The van der Waals surface area contributed by atoms with Crippen molar-refractivity contribution < 1.29 is 42.8 Å². The Morgan fingerprint density at radius 2 is 1.65 bits per heavy atom. The highest BCUT2D eigenvalue weighted by molar-refractivity contribution is 6.00. The van der Waals surface area contributed by atoms with Gasteiger partial charge in [-0.25, -0.2) is 4.79 Å². The van der Waals surface area contributed by atoms with Gasteiger partial charge in [0.2, 0.25) is 0 Å². The number of nitrogens with zero attached hydrogens (tertiary/aromatic N) is 3. The molecule has 0 N–H and O–H groups in total. The summed E-state index contributed by atoms with van der Waals surface area (Å²) >= 11 is 0. The summed E-state index contributed by atoms with van der Waals surface area (Å²) < 4.78 is 38.5. The predicted molar refractivity (Wildman–Crippen MR) is 198 cm³/mol. The number of hydrogen-bond donors (Lipinski definition) is 0. The van der Waals surface area contributed by atoms with Crippen molar-refractivity contribution in [3.63, 3.8) is 0 Å². The fourth-order valence-electron chi connectivity index (χ4n) is 9.32. The Labute approximate surface area is 312 Å². The summed E-state index contributed by atoms with van der Waals surface area (Å²) in [6, 6.07) is -0.573. The van der Waals surface area contributed by atoms with Gasteiger partial charge in [0.15, 0.2) is 17.7 Å². The molecule has 0 unspecified atom stereocenters. The molecule has 4 heterocycles. The van der Waals surface area contributed by atoms with Crippen LogP contribution in [0, 0.1) is 36.0 Å². The van der Waals surface area contributed by atoms with E-state index in [-0.39, 0.29) is 36.4 Å². The highest BCUT2D eigenvalue weighted by Gasteiger charge is 2.66. The van der Waals surface area contributed by atoms with E-state index >= 15 is 0 Å². The van der Waals surface area contributed by atoms with E-state index in [9.17, 15) is 14.4 Å². The lowest BCUT2D eigenvalue weighted by Crippen LogP contribution is -2.64. The van der Waals surface area contributed by atoms with E-state index in [4.69, 9.17) is 39.8 Å². The van der Waals surface area contributed by atoms with Crippen LogP contribution in [0.15, 0.2) is 4.99 Å². The van der Waals surface area contributed by atoms with Crippen molar-refractivity contribution in [2.45, 2.75) is 167 Å². The Morgan fingerprint density at radius 3 is 2.21 bits per heavy atom. The smallest absolute Gasteiger partial charge is 0.411 e. The van der Waals surface area contributed by atoms with Crippen LogP contribution in [0.5, 0.6) is 0 Å². The Kier molecular flexibility index (Phi) is 12.4. The van der Waals surface area contributed by atoms with Gasteiger partial charge in [-0.05, 0) is 94.7 Å². The van der Waals surface area contributed by atoms with Crippen LogP contribution in [0.25, 0.3) is 0 Å². The number of ether oxygens (including phenoxy) is 6. The fraction of sp³-hybridized carbons (Fsp3) is 0.850. The van der Waals surface area contributed by atoms with Crippen molar-refractivity contribution in [1.82, 2.24) is 9.80 Å². The van der Waals surface area contributed by atoms with Crippen molar-refractivity contribution in [2.75, 3.05) is 27.8 Å². The average Bonchev–Trinajstić information content (AvgIpc) is 3.32. The van der Waals surface area contributed by atoms with Crippen LogP contribution < -0.4 is 0 Å². The average molecular weight is 732 g/mol. The number of carbonyl (C=O) groups excluding carboxylic acids is 3. The monoisotopic (exact) mass is 731 g/mol. The van der Waals surface area contributed by atoms with Gasteiger partial charge in [0.25, 0.3) is 0 Å². The van der Waals surface area contributed by atoms with Crippen LogP contribution >= 0.6 is 0 Å². The first-order chi connectivity index (χ1) is 24.0. The van der Waals surface area contributed by atoms with Crippen molar-refractivity contribution in [2.24, 2.45) is 28.7 Å². The summed E-state index contributed by atoms with van der Waals surface area (Å²) in [6.07, 6.45) is 3.48. The second kappa shape index (κ2) is 15.3. The number of methoxy groups -OCH3 is 1. The van der Waals surface area contributed by atoms with Gasteiger partial charge in [0.05, 0.1) is 34.9 Å². The number of Topliss-reactive ketones (excluding diaryl/α,β-unsaturated/α-hetero) is 1. The summed E-state index contributed by atoms with van der Waals surface area (Å²) in [4.78, 5) is 51.9. The van der Waals surface area contributed by atoms with Gasteiger partial charge in [-0.2, -0.15) is 0 Å². The van der Waals surface area contributed by atoms with E-state index in [1.54, 1.807) is 25.9 Å². The molecule has 0 aromatic carbocycles. The van der Waals surface area contributed by atoms with E-state index in [0.29, 0.717) is 12.8 Å². The molecule has 1 amide bonds. The molecule has 4 aliphatic heterocycles. The molecule has 0 aromatic heterocycles. The maximum Gasteiger partial charge on any atom is 0.411 e. The quantitative estimate of drug-likeness (QED) is 0.194. The van der Waals surface area contributed by atoms with Gasteiger partial charge in [0, 0.05) is 30.7 Å². The lowest BCUT2D eigenvalue weighted by molar-refractivity contribution is -0.300. The Balaban J connectivity index is 1.96. The molecular weight excluding hydrogens is 666 g/mol. The second-order valence-electron chi connectivity index (χ2n) is 17.3. The third kappa shape index (κ3) is 7.29. The molecule has 3 saturated heterocycles.